The molecule has 4 nitrogen and oxygen atoms in total. The number of hydrogen-bond donors (Lipinski definition) is 1. The zero-order valence-electron chi connectivity index (χ0n) is 10.3. The first-order chi connectivity index (χ1) is 8.65. The van der Waals surface area contributed by atoms with E-state index in [0.717, 1.165) is 23.6 Å². The van der Waals surface area contributed by atoms with Crippen LogP contribution in [0.5, 0.6) is 0 Å². The molecule has 0 spiro atoms. The van der Waals surface area contributed by atoms with Crippen molar-refractivity contribution >= 4 is 17.4 Å². The van der Waals surface area contributed by atoms with Gasteiger partial charge in [-0.15, -0.1) is 18.2 Å². The molecule has 0 aliphatic rings. The average Bonchev–Trinajstić information content (AvgIpc) is 2.38. The molecule has 1 unspecified atom stereocenters. The molecule has 0 radical (unpaired) electrons. The minimum absolute atomic E-state index is 0.121. The third-order valence-corrected chi connectivity index (χ3v) is 3.35. The van der Waals surface area contributed by atoms with Crippen LogP contribution in [-0.4, -0.2) is 23.0 Å². The van der Waals surface area contributed by atoms with Gasteiger partial charge in [-0.1, -0.05) is 18.1 Å². The van der Waals surface area contributed by atoms with E-state index in [1.54, 1.807) is 23.9 Å². The number of benzene rings is 1. The lowest BCUT2D eigenvalue weighted by molar-refractivity contribution is -0.384. The maximum Gasteiger partial charge on any atom is 0.269 e. The first-order valence-corrected chi connectivity index (χ1v) is 6.79. The van der Waals surface area contributed by atoms with Crippen molar-refractivity contribution in [1.29, 1.82) is 0 Å². The van der Waals surface area contributed by atoms with Gasteiger partial charge in [0.2, 0.25) is 0 Å². The Kier molecular flexibility index (Phi) is 6.26. The largest absolute Gasteiger partial charge is 0.309 e. The van der Waals surface area contributed by atoms with Gasteiger partial charge >= 0.3 is 0 Å². The third kappa shape index (κ3) is 4.78. The molecule has 0 aromatic heterocycles. The Labute approximate surface area is 111 Å². The molecule has 0 amide bonds. The second-order valence-corrected chi connectivity index (χ2v) is 4.89. The molecule has 5 heteroatoms. The molecule has 0 saturated carbocycles. The first-order valence-electron chi connectivity index (χ1n) is 5.64. The molecule has 1 rings (SSSR count). The summed E-state index contributed by atoms with van der Waals surface area (Å²) < 4.78 is 0. The van der Waals surface area contributed by atoms with Crippen LogP contribution in [-0.2, 0) is 0 Å². The Morgan fingerprint density at radius 1 is 1.50 bits per heavy atom. The second kappa shape index (κ2) is 7.75. The van der Waals surface area contributed by atoms with E-state index in [-0.39, 0.29) is 11.7 Å². The molecule has 0 aliphatic heterocycles. The monoisotopic (exact) mass is 264 g/mol. The van der Waals surface area contributed by atoms with Crippen molar-refractivity contribution in [1.82, 2.24) is 5.32 Å². The molecule has 1 N–H and O–H groups in total. The fraction of sp³-hybridized carbons (Fsp3) is 0.385. The van der Waals surface area contributed by atoms with Gasteiger partial charge < -0.3 is 5.32 Å². The highest BCUT2D eigenvalue weighted by atomic mass is 32.2. The summed E-state index contributed by atoms with van der Waals surface area (Å²) in [4.78, 5) is 10.1. The van der Waals surface area contributed by atoms with Crippen LogP contribution in [0.15, 0.2) is 24.3 Å². The summed E-state index contributed by atoms with van der Waals surface area (Å²) in [6.45, 7) is 2.90. The lowest BCUT2D eigenvalue weighted by atomic mass is 10.1. The van der Waals surface area contributed by atoms with Gasteiger partial charge in [-0.05, 0) is 12.5 Å². The van der Waals surface area contributed by atoms with Crippen LogP contribution in [0.3, 0.4) is 0 Å². The van der Waals surface area contributed by atoms with Crippen LogP contribution < -0.4 is 5.32 Å². The Hall–Kier alpha value is -1.51. The van der Waals surface area contributed by atoms with E-state index in [0.29, 0.717) is 0 Å². The summed E-state index contributed by atoms with van der Waals surface area (Å²) in [5, 5.41) is 13.9. The number of nitro benzene ring substituents is 1. The second-order valence-electron chi connectivity index (χ2n) is 3.78. The summed E-state index contributed by atoms with van der Waals surface area (Å²) in [6, 6.07) is 6.80. The van der Waals surface area contributed by atoms with Gasteiger partial charge in [0.15, 0.2) is 0 Å². The molecule has 0 aliphatic carbocycles. The van der Waals surface area contributed by atoms with Gasteiger partial charge in [-0.25, -0.2) is 0 Å². The highest BCUT2D eigenvalue weighted by Gasteiger charge is 2.08. The number of hydrogen-bond acceptors (Lipinski definition) is 4. The zero-order valence-corrected chi connectivity index (χ0v) is 11.1. The Bertz CT molecular complexity index is 426. The standard InChI is InChI=1S/C13H16N2O2S/c1-3-9-18-10-8-14-11(2)12-4-6-13(7-5-12)15(16)17/h1,4-7,11,14H,8-10H2,2H3. The lowest BCUT2D eigenvalue weighted by Crippen LogP contribution is -2.21. The van der Waals surface area contributed by atoms with Crippen LogP contribution in [0.25, 0.3) is 0 Å². The Morgan fingerprint density at radius 2 is 2.17 bits per heavy atom. The van der Waals surface area contributed by atoms with Crippen LogP contribution in [0.1, 0.15) is 18.5 Å². The normalized spacial score (nSPS) is 11.8. The van der Waals surface area contributed by atoms with Crippen LogP contribution in [0.4, 0.5) is 5.69 Å². The smallest absolute Gasteiger partial charge is 0.269 e. The van der Waals surface area contributed by atoms with Crippen LogP contribution >= 0.6 is 11.8 Å². The summed E-state index contributed by atoms with van der Waals surface area (Å²) >= 11 is 1.71. The van der Waals surface area contributed by atoms with E-state index in [1.807, 2.05) is 6.92 Å². The van der Waals surface area contributed by atoms with Gasteiger partial charge in [0.05, 0.1) is 10.7 Å². The van der Waals surface area contributed by atoms with Gasteiger partial charge in [0.25, 0.3) is 5.69 Å². The quantitative estimate of drug-likeness (QED) is 0.356. The number of non-ortho nitro benzene ring substituents is 1. The molecule has 0 bridgehead atoms. The molecule has 0 saturated heterocycles. The number of terminal acetylenes is 1. The molecule has 96 valence electrons. The van der Waals surface area contributed by atoms with Crippen molar-refractivity contribution in [2.45, 2.75) is 13.0 Å². The number of nitrogens with zero attached hydrogens (tertiary/aromatic N) is 1. The van der Waals surface area contributed by atoms with Crippen molar-refractivity contribution < 1.29 is 4.92 Å². The molecule has 1 aromatic carbocycles. The predicted octanol–water partition coefficient (Wildman–Crippen LogP) is 2.61. The average molecular weight is 264 g/mol. The Balaban J connectivity index is 2.39. The highest BCUT2D eigenvalue weighted by Crippen LogP contribution is 2.17. The molecular formula is C13H16N2O2S. The van der Waals surface area contributed by atoms with Crippen molar-refractivity contribution in [2.24, 2.45) is 0 Å². The lowest BCUT2D eigenvalue weighted by Gasteiger charge is -2.13. The number of nitrogens with one attached hydrogen (secondary N) is 1. The van der Waals surface area contributed by atoms with E-state index in [1.165, 1.54) is 12.1 Å². The van der Waals surface area contributed by atoms with E-state index in [9.17, 15) is 10.1 Å². The predicted molar refractivity (Wildman–Crippen MR) is 75.7 cm³/mol. The maximum absolute atomic E-state index is 10.5. The number of thioether (sulfide) groups is 1. The van der Waals surface area contributed by atoms with E-state index >= 15 is 0 Å². The molecule has 18 heavy (non-hydrogen) atoms. The van der Waals surface area contributed by atoms with Crippen LogP contribution in [0.2, 0.25) is 0 Å². The third-order valence-electron chi connectivity index (χ3n) is 2.49. The fourth-order valence-corrected chi connectivity index (χ4v) is 2.01. The van der Waals surface area contributed by atoms with Gasteiger partial charge in [0, 0.05) is 30.5 Å². The van der Waals surface area contributed by atoms with Gasteiger partial charge in [0.1, 0.15) is 0 Å². The molecular weight excluding hydrogens is 248 g/mol. The highest BCUT2D eigenvalue weighted by molar-refractivity contribution is 7.99. The minimum Gasteiger partial charge on any atom is -0.309 e. The summed E-state index contributed by atoms with van der Waals surface area (Å²) in [6.07, 6.45) is 5.15. The molecule has 0 heterocycles. The SMILES string of the molecule is C#CCSCCNC(C)c1ccc([N+](=O)[O-])cc1. The Morgan fingerprint density at radius 3 is 2.72 bits per heavy atom. The number of rotatable bonds is 7. The molecule has 1 atom stereocenters. The fourth-order valence-electron chi connectivity index (χ4n) is 1.48. The number of nitro groups is 1. The van der Waals surface area contributed by atoms with Crippen molar-refractivity contribution in [2.75, 3.05) is 18.1 Å². The zero-order chi connectivity index (χ0) is 13.4. The summed E-state index contributed by atoms with van der Waals surface area (Å²) in [7, 11) is 0. The van der Waals surface area contributed by atoms with Gasteiger partial charge in [-0.2, -0.15) is 0 Å². The van der Waals surface area contributed by atoms with Crippen molar-refractivity contribution in [3.63, 3.8) is 0 Å². The summed E-state index contributed by atoms with van der Waals surface area (Å²) in [5.41, 5.74) is 1.16. The molecule has 1 aromatic rings. The van der Waals surface area contributed by atoms with Gasteiger partial charge in [-0.3, -0.25) is 10.1 Å². The molecule has 0 fully saturated rings. The summed E-state index contributed by atoms with van der Waals surface area (Å²) in [5.74, 6) is 4.27. The van der Waals surface area contributed by atoms with E-state index < -0.39 is 4.92 Å². The van der Waals surface area contributed by atoms with Crippen LogP contribution in [0, 0.1) is 22.5 Å². The van der Waals surface area contributed by atoms with E-state index in [2.05, 4.69) is 11.2 Å². The van der Waals surface area contributed by atoms with E-state index in [4.69, 9.17) is 6.42 Å². The minimum atomic E-state index is -0.391. The van der Waals surface area contributed by atoms with Crippen molar-refractivity contribution in [3.05, 3.63) is 39.9 Å². The maximum atomic E-state index is 10.5. The van der Waals surface area contributed by atoms with Crippen molar-refractivity contribution in [3.8, 4) is 12.3 Å². The first kappa shape index (κ1) is 14.6. The topological polar surface area (TPSA) is 55.2 Å².